The predicted octanol–water partition coefficient (Wildman–Crippen LogP) is 1.25. The molecule has 1 aromatic rings. The van der Waals surface area contributed by atoms with Crippen LogP contribution in [0.25, 0.3) is 0 Å². The summed E-state index contributed by atoms with van der Waals surface area (Å²) in [5.41, 5.74) is 6.80. The summed E-state index contributed by atoms with van der Waals surface area (Å²) in [6.45, 7) is 4.68. The summed E-state index contributed by atoms with van der Waals surface area (Å²) in [6.07, 6.45) is 0.820. The second-order valence-electron chi connectivity index (χ2n) is 3.98. The van der Waals surface area contributed by atoms with Gasteiger partial charge in [0.25, 0.3) is 0 Å². The summed E-state index contributed by atoms with van der Waals surface area (Å²) >= 11 is 0. The SMILES string of the molecule is CC(C)NC(N)=NCCc1ccc(O)cc1. The molecular weight excluding hydrogens is 202 g/mol. The Morgan fingerprint density at radius 1 is 1.38 bits per heavy atom. The molecule has 0 heterocycles. The van der Waals surface area contributed by atoms with Crippen LogP contribution in [0.4, 0.5) is 0 Å². The van der Waals surface area contributed by atoms with Crippen molar-refractivity contribution in [2.45, 2.75) is 26.3 Å². The van der Waals surface area contributed by atoms with Crippen LogP contribution >= 0.6 is 0 Å². The molecule has 0 aliphatic heterocycles. The quantitative estimate of drug-likeness (QED) is 0.529. The van der Waals surface area contributed by atoms with Gasteiger partial charge in [0.05, 0.1) is 0 Å². The number of nitrogens with zero attached hydrogens (tertiary/aromatic N) is 1. The molecule has 0 fully saturated rings. The van der Waals surface area contributed by atoms with E-state index in [4.69, 9.17) is 10.8 Å². The van der Waals surface area contributed by atoms with Crippen molar-refractivity contribution in [1.82, 2.24) is 5.32 Å². The highest BCUT2D eigenvalue weighted by Gasteiger charge is 1.95. The Morgan fingerprint density at radius 2 is 2.00 bits per heavy atom. The van der Waals surface area contributed by atoms with Gasteiger partial charge in [-0.1, -0.05) is 12.1 Å². The van der Waals surface area contributed by atoms with Gasteiger partial charge in [0.2, 0.25) is 0 Å². The molecule has 0 aromatic heterocycles. The maximum atomic E-state index is 9.11. The number of benzene rings is 1. The van der Waals surface area contributed by atoms with Gasteiger partial charge in [-0.3, -0.25) is 4.99 Å². The number of nitrogens with one attached hydrogen (secondary N) is 1. The Hall–Kier alpha value is -1.71. The van der Waals surface area contributed by atoms with Gasteiger partial charge in [0.15, 0.2) is 5.96 Å². The third kappa shape index (κ3) is 4.68. The first-order chi connectivity index (χ1) is 7.58. The van der Waals surface area contributed by atoms with E-state index in [2.05, 4.69) is 10.3 Å². The average molecular weight is 221 g/mol. The van der Waals surface area contributed by atoms with Gasteiger partial charge in [0.1, 0.15) is 5.75 Å². The van der Waals surface area contributed by atoms with Gasteiger partial charge in [-0.2, -0.15) is 0 Å². The van der Waals surface area contributed by atoms with Crippen molar-refractivity contribution in [3.8, 4) is 5.75 Å². The van der Waals surface area contributed by atoms with Crippen LogP contribution in [-0.4, -0.2) is 23.7 Å². The molecule has 4 N–H and O–H groups in total. The molecule has 0 aliphatic carbocycles. The smallest absolute Gasteiger partial charge is 0.188 e. The zero-order valence-electron chi connectivity index (χ0n) is 9.77. The lowest BCUT2D eigenvalue weighted by Gasteiger charge is -2.08. The highest BCUT2D eigenvalue weighted by atomic mass is 16.3. The number of hydrogen-bond donors (Lipinski definition) is 3. The Kier molecular flexibility index (Phi) is 4.64. The molecule has 4 nitrogen and oxygen atoms in total. The Labute approximate surface area is 96.2 Å². The molecular formula is C12H19N3O. The zero-order chi connectivity index (χ0) is 12.0. The largest absolute Gasteiger partial charge is 0.508 e. The summed E-state index contributed by atoms with van der Waals surface area (Å²) in [5.74, 6) is 0.766. The monoisotopic (exact) mass is 221 g/mol. The summed E-state index contributed by atoms with van der Waals surface area (Å²) in [4.78, 5) is 4.20. The molecule has 88 valence electrons. The fourth-order valence-electron chi connectivity index (χ4n) is 1.31. The van der Waals surface area contributed by atoms with E-state index in [0.29, 0.717) is 18.5 Å². The summed E-state index contributed by atoms with van der Waals surface area (Å²) in [7, 11) is 0. The summed E-state index contributed by atoms with van der Waals surface area (Å²) in [5, 5.41) is 12.1. The highest BCUT2D eigenvalue weighted by molar-refractivity contribution is 5.78. The van der Waals surface area contributed by atoms with E-state index in [1.807, 2.05) is 26.0 Å². The van der Waals surface area contributed by atoms with Crippen molar-refractivity contribution >= 4 is 5.96 Å². The van der Waals surface area contributed by atoms with Crippen LogP contribution in [0.3, 0.4) is 0 Å². The van der Waals surface area contributed by atoms with Crippen LogP contribution < -0.4 is 11.1 Å². The van der Waals surface area contributed by atoms with Gasteiger partial charge in [-0.15, -0.1) is 0 Å². The lowest BCUT2D eigenvalue weighted by Crippen LogP contribution is -2.36. The third-order valence-electron chi connectivity index (χ3n) is 2.06. The van der Waals surface area contributed by atoms with Crippen molar-refractivity contribution in [3.05, 3.63) is 29.8 Å². The van der Waals surface area contributed by atoms with Gasteiger partial charge in [-0.25, -0.2) is 0 Å². The van der Waals surface area contributed by atoms with Crippen LogP contribution in [0.15, 0.2) is 29.3 Å². The minimum atomic E-state index is 0.285. The highest BCUT2D eigenvalue weighted by Crippen LogP contribution is 2.09. The second-order valence-corrected chi connectivity index (χ2v) is 3.98. The normalized spacial score (nSPS) is 11.8. The van der Waals surface area contributed by atoms with E-state index in [-0.39, 0.29) is 5.75 Å². The number of aromatic hydroxyl groups is 1. The molecule has 0 unspecified atom stereocenters. The molecule has 1 rings (SSSR count). The number of guanidine groups is 1. The molecule has 0 spiro atoms. The number of nitrogens with two attached hydrogens (primary N) is 1. The van der Waals surface area contributed by atoms with E-state index in [0.717, 1.165) is 12.0 Å². The van der Waals surface area contributed by atoms with E-state index in [1.165, 1.54) is 0 Å². The Balaban J connectivity index is 2.37. The third-order valence-corrected chi connectivity index (χ3v) is 2.06. The summed E-state index contributed by atoms with van der Waals surface area (Å²) < 4.78 is 0. The number of aliphatic imine (C=N–C) groups is 1. The van der Waals surface area contributed by atoms with Crippen molar-refractivity contribution in [2.75, 3.05) is 6.54 Å². The van der Waals surface area contributed by atoms with Crippen molar-refractivity contribution in [1.29, 1.82) is 0 Å². The minimum absolute atomic E-state index is 0.285. The first-order valence-electron chi connectivity index (χ1n) is 5.42. The topological polar surface area (TPSA) is 70.6 Å². The molecule has 1 aromatic carbocycles. The fourth-order valence-corrected chi connectivity index (χ4v) is 1.31. The fraction of sp³-hybridized carbons (Fsp3) is 0.417. The number of phenolic OH excluding ortho intramolecular Hbond substituents is 1. The molecule has 0 aliphatic rings. The zero-order valence-corrected chi connectivity index (χ0v) is 9.77. The first-order valence-corrected chi connectivity index (χ1v) is 5.42. The molecule has 4 heteroatoms. The molecule has 0 radical (unpaired) electrons. The molecule has 0 saturated heterocycles. The number of phenols is 1. The van der Waals surface area contributed by atoms with Crippen LogP contribution in [0, 0.1) is 0 Å². The number of rotatable bonds is 4. The molecule has 0 atom stereocenters. The van der Waals surface area contributed by atoms with Crippen molar-refractivity contribution < 1.29 is 5.11 Å². The Morgan fingerprint density at radius 3 is 2.56 bits per heavy atom. The lowest BCUT2D eigenvalue weighted by molar-refractivity contribution is 0.475. The molecule has 0 saturated carbocycles. The Bertz CT molecular complexity index is 344. The first kappa shape index (κ1) is 12.4. The number of hydrogen-bond acceptors (Lipinski definition) is 2. The molecule has 0 amide bonds. The van der Waals surface area contributed by atoms with Crippen molar-refractivity contribution in [2.24, 2.45) is 10.7 Å². The molecule has 0 bridgehead atoms. The van der Waals surface area contributed by atoms with E-state index in [9.17, 15) is 0 Å². The van der Waals surface area contributed by atoms with Gasteiger partial charge in [0, 0.05) is 12.6 Å². The van der Waals surface area contributed by atoms with Gasteiger partial charge in [-0.05, 0) is 38.0 Å². The van der Waals surface area contributed by atoms with Gasteiger partial charge < -0.3 is 16.2 Å². The molecule has 16 heavy (non-hydrogen) atoms. The van der Waals surface area contributed by atoms with Crippen LogP contribution in [0.5, 0.6) is 5.75 Å². The van der Waals surface area contributed by atoms with E-state index < -0.39 is 0 Å². The maximum Gasteiger partial charge on any atom is 0.188 e. The van der Waals surface area contributed by atoms with Crippen LogP contribution in [0.1, 0.15) is 19.4 Å². The van der Waals surface area contributed by atoms with E-state index >= 15 is 0 Å². The predicted molar refractivity (Wildman–Crippen MR) is 66.6 cm³/mol. The maximum absolute atomic E-state index is 9.11. The lowest BCUT2D eigenvalue weighted by atomic mass is 10.1. The average Bonchev–Trinajstić information content (AvgIpc) is 2.20. The summed E-state index contributed by atoms with van der Waals surface area (Å²) in [6, 6.07) is 7.43. The second kappa shape index (κ2) is 6.00. The standard InChI is InChI=1S/C12H19N3O/c1-9(2)15-12(13)14-8-7-10-3-5-11(16)6-4-10/h3-6,9,16H,7-8H2,1-2H3,(H3,13,14,15). The van der Waals surface area contributed by atoms with E-state index in [1.54, 1.807) is 12.1 Å². The van der Waals surface area contributed by atoms with Crippen LogP contribution in [-0.2, 0) is 6.42 Å². The minimum Gasteiger partial charge on any atom is -0.508 e. The van der Waals surface area contributed by atoms with Crippen LogP contribution in [0.2, 0.25) is 0 Å². The van der Waals surface area contributed by atoms with Gasteiger partial charge >= 0.3 is 0 Å². The van der Waals surface area contributed by atoms with Crippen molar-refractivity contribution in [3.63, 3.8) is 0 Å².